The average molecular weight is 380 g/mol. The van der Waals surface area contributed by atoms with Crippen LogP contribution in [0.25, 0.3) is 6.08 Å². The van der Waals surface area contributed by atoms with Crippen molar-refractivity contribution in [2.75, 3.05) is 50.7 Å². The van der Waals surface area contributed by atoms with Gasteiger partial charge < -0.3 is 19.5 Å². The molecule has 1 aromatic carbocycles. The molecule has 148 valence electrons. The third kappa shape index (κ3) is 3.92. The zero-order valence-corrected chi connectivity index (χ0v) is 16.4. The summed E-state index contributed by atoms with van der Waals surface area (Å²) in [6.45, 7) is 6.51. The predicted octanol–water partition coefficient (Wildman–Crippen LogP) is 2.41. The molecule has 1 amide bonds. The van der Waals surface area contributed by atoms with E-state index < -0.39 is 0 Å². The predicted molar refractivity (Wildman–Crippen MR) is 112 cm³/mol. The van der Waals surface area contributed by atoms with E-state index in [0.717, 1.165) is 62.6 Å². The van der Waals surface area contributed by atoms with Gasteiger partial charge in [0.15, 0.2) is 0 Å². The lowest BCUT2D eigenvalue weighted by Crippen LogP contribution is -2.47. The van der Waals surface area contributed by atoms with E-state index in [9.17, 15) is 9.90 Å². The number of hydrogen-bond acceptors (Lipinski definition) is 4. The van der Waals surface area contributed by atoms with Crippen LogP contribution in [0.2, 0.25) is 0 Å². The van der Waals surface area contributed by atoms with Gasteiger partial charge in [0.2, 0.25) is 0 Å². The SMILES string of the molecule is Cn1ccc2c1C=CCN(CCCN1CCN(c3ccc(O)cc3)CC1)C2=O. The number of benzene rings is 1. The van der Waals surface area contributed by atoms with Crippen LogP contribution in [0, 0.1) is 0 Å². The third-order valence-electron chi connectivity index (χ3n) is 5.73. The molecule has 2 aliphatic heterocycles. The van der Waals surface area contributed by atoms with Crippen LogP contribution in [-0.2, 0) is 7.05 Å². The van der Waals surface area contributed by atoms with Gasteiger partial charge in [-0.25, -0.2) is 0 Å². The minimum atomic E-state index is 0.137. The van der Waals surface area contributed by atoms with E-state index in [1.165, 1.54) is 0 Å². The maximum atomic E-state index is 12.8. The average Bonchev–Trinajstić information content (AvgIpc) is 2.99. The number of rotatable bonds is 5. The van der Waals surface area contributed by atoms with Crippen LogP contribution < -0.4 is 4.90 Å². The Hall–Kier alpha value is -2.73. The van der Waals surface area contributed by atoms with Crippen LogP contribution in [0.3, 0.4) is 0 Å². The molecule has 0 bridgehead atoms. The number of aromatic nitrogens is 1. The van der Waals surface area contributed by atoms with Crippen LogP contribution in [0.1, 0.15) is 22.5 Å². The molecule has 4 rings (SSSR count). The highest BCUT2D eigenvalue weighted by atomic mass is 16.3. The van der Waals surface area contributed by atoms with E-state index in [4.69, 9.17) is 0 Å². The fourth-order valence-corrected chi connectivity index (χ4v) is 4.05. The van der Waals surface area contributed by atoms with E-state index in [1.807, 2.05) is 40.9 Å². The van der Waals surface area contributed by atoms with Gasteiger partial charge in [0, 0.05) is 58.2 Å². The number of phenolic OH excluding ortho intramolecular Hbond substituents is 1. The maximum absolute atomic E-state index is 12.8. The largest absolute Gasteiger partial charge is 0.508 e. The number of anilines is 1. The van der Waals surface area contributed by atoms with Crippen LogP contribution in [0.4, 0.5) is 5.69 Å². The summed E-state index contributed by atoms with van der Waals surface area (Å²) in [5.41, 5.74) is 2.97. The molecule has 0 spiro atoms. The zero-order valence-electron chi connectivity index (χ0n) is 16.4. The highest BCUT2D eigenvalue weighted by Gasteiger charge is 2.22. The lowest BCUT2D eigenvalue weighted by atomic mass is 10.2. The molecule has 0 radical (unpaired) electrons. The molecule has 0 unspecified atom stereocenters. The molecule has 28 heavy (non-hydrogen) atoms. The van der Waals surface area contributed by atoms with Gasteiger partial charge in [-0.3, -0.25) is 9.69 Å². The monoisotopic (exact) mass is 380 g/mol. The van der Waals surface area contributed by atoms with E-state index in [0.29, 0.717) is 12.3 Å². The molecule has 1 saturated heterocycles. The number of aromatic hydroxyl groups is 1. The Kier molecular flexibility index (Phi) is 5.39. The molecule has 1 fully saturated rings. The number of amides is 1. The summed E-state index contributed by atoms with van der Waals surface area (Å²) >= 11 is 0. The molecular formula is C22H28N4O2. The first-order valence-corrected chi connectivity index (χ1v) is 9.99. The van der Waals surface area contributed by atoms with Crippen molar-refractivity contribution in [3.63, 3.8) is 0 Å². The second-order valence-electron chi connectivity index (χ2n) is 7.58. The first-order valence-electron chi connectivity index (χ1n) is 9.99. The summed E-state index contributed by atoms with van der Waals surface area (Å²) in [5, 5.41) is 9.43. The molecule has 2 aliphatic rings. The van der Waals surface area contributed by atoms with Crippen LogP contribution >= 0.6 is 0 Å². The van der Waals surface area contributed by atoms with Gasteiger partial charge in [-0.15, -0.1) is 0 Å². The van der Waals surface area contributed by atoms with Crippen molar-refractivity contribution in [1.29, 1.82) is 0 Å². The molecule has 6 nitrogen and oxygen atoms in total. The summed E-state index contributed by atoms with van der Waals surface area (Å²) in [6.07, 6.45) is 7.07. The summed E-state index contributed by atoms with van der Waals surface area (Å²) < 4.78 is 2.00. The molecular weight excluding hydrogens is 352 g/mol. The third-order valence-corrected chi connectivity index (χ3v) is 5.73. The highest BCUT2D eigenvalue weighted by molar-refractivity contribution is 5.98. The first kappa shape index (κ1) is 18.6. The number of piperazine rings is 1. The van der Waals surface area contributed by atoms with Crippen molar-refractivity contribution in [2.45, 2.75) is 6.42 Å². The summed E-state index contributed by atoms with van der Waals surface area (Å²) in [5.74, 6) is 0.445. The molecule has 0 saturated carbocycles. The zero-order chi connectivity index (χ0) is 19.5. The van der Waals surface area contributed by atoms with Gasteiger partial charge in [-0.05, 0) is 49.4 Å². The fourth-order valence-electron chi connectivity index (χ4n) is 4.05. The Labute approximate surface area is 166 Å². The van der Waals surface area contributed by atoms with E-state index in [2.05, 4.69) is 22.0 Å². The molecule has 1 N–H and O–H groups in total. The van der Waals surface area contributed by atoms with Crippen LogP contribution in [-0.4, -0.2) is 71.2 Å². The number of hydrogen-bond donors (Lipinski definition) is 1. The molecule has 0 aliphatic carbocycles. The second kappa shape index (κ2) is 8.10. The van der Waals surface area contributed by atoms with E-state index >= 15 is 0 Å². The number of aryl methyl sites for hydroxylation is 1. The lowest BCUT2D eigenvalue weighted by molar-refractivity contribution is 0.0768. The molecule has 2 aromatic rings. The van der Waals surface area contributed by atoms with Gasteiger partial charge >= 0.3 is 0 Å². The highest BCUT2D eigenvalue weighted by Crippen LogP contribution is 2.20. The van der Waals surface area contributed by atoms with Crippen molar-refractivity contribution >= 4 is 17.7 Å². The number of carbonyl (C=O) groups is 1. The van der Waals surface area contributed by atoms with Gasteiger partial charge in [-0.2, -0.15) is 0 Å². The van der Waals surface area contributed by atoms with Crippen LogP contribution in [0.15, 0.2) is 42.6 Å². The number of fused-ring (bicyclic) bond motifs is 1. The topological polar surface area (TPSA) is 52.0 Å². The molecule has 0 atom stereocenters. The van der Waals surface area contributed by atoms with Crippen molar-refractivity contribution in [3.8, 4) is 5.75 Å². The smallest absolute Gasteiger partial charge is 0.256 e. The first-order chi connectivity index (χ1) is 13.6. The number of nitrogens with zero attached hydrogens (tertiary/aromatic N) is 4. The Morgan fingerprint density at radius 1 is 1.00 bits per heavy atom. The van der Waals surface area contributed by atoms with Gasteiger partial charge in [0.25, 0.3) is 5.91 Å². The van der Waals surface area contributed by atoms with E-state index in [-0.39, 0.29) is 5.91 Å². The minimum Gasteiger partial charge on any atom is -0.508 e. The standard InChI is InChI=1S/C22H28N4O2/c1-23-13-9-20-21(23)4-2-11-26(22(20)28)12-3-10-24-14-16-25(17-15-24)18-5-7-19(27)8-6-18/h2,4-9,13,27H,3,10-12,14-17H2,1H3. The Morgan fingerprint density at radius 3 is 2.50 bits per heavy atom. The second-order valence-corrected chi connectivity index (χ2v) is 7.58. The van der Waals surface area contributed by atoms with Gasteiger partial charge in [0.05, 0.1) is 11.3 Å². The lowest BCUT2D eigenvalue weighted by Gasteiger charge is -2.36. The van der Waals surface area contributed by atoms with Crippen molar-refractivity contribution in [2.24, 2.45) is 7.05 Å². The Bertz CT molecular complexity index is 848. The summed E-state index contributed by atoms with van der Waals surface area (Å²) in [6, 6.07) is 9.35. The molecule has 1 aromatic heterocycles. The Balaban J connectivity index is 1.24. The molecule has 3 heterocycles. The number of phenols is 1. The summed E-state index contributed by atoms with van der Waals surface area (Å²) in [7, 11) is 1.98. The quantitative estimate of drug-likeness (QED) is 0.866. The van der Waals surface area contributed by atoms with Gasteiger partial charge in [0.1, 0.15) is 5.75 Å². The molecule has 6 heteroatoms. The van der Waals surface area contributed by atoms with Crippen molar-refractivity contribution in [1.82, 2.24) is 14.4 Å². The minimum absolute atomic E-state index is 0.137. The Morgan fingerprint density at radius 2 is 1.75 bits per heavy atom. The summed E-state index contributed by atoms with van der Waals surface area (Å²) in [4.78, 5) is 19.6. The van der Waals surface area contributed by atoms with Crippen molar-refractivity contribution in [3.05, 3.63) is 53.9 Å². The van der Waals surface area contributed by atoms with E-state index in [1.54, 1.807) is 12.1 Å². The van der Waals surface area contributed by atoms with Gasteiger partial charge in [-0.1, -0.05) is 6.08 Å². The normalized spacial score (nSPS) is 17.7. The fraction of sp³-hybridized carbons (Fsp3) is 0.409. The van der Waals surface area contributed by atoms with Crippen molar-refractivity contribution < 1.29 is 9.90 Å². The number of carbonyl (C=O) groups excluding carboxylic acids is 1. The maximum Gasteiger partial charge on any atom is 0.256 e. The van der Waals surface area contributed by atoms with Crippen LogP contribution in [0.5, 0.6) is 5.75 Å².